The average Bonchev–Trinajstić information content (AvgIpc) is 3.49. The first-order chi connectivity index (χ1) is 14.7. The van der Waals surface area contributed by atoms with Crippen molar-refractivity contribution in [1.82, 2.24) is 14.8 Å². The van der Waals surface area contributed by atoms with Crippen LogP contribution in [0.3, 0.4) is 0 Å². The number of aromatic amines is 1. The van der Waals surface area contributed by atoms with Crippen molar-refractivity contribution in [1.29, 1.82) is 0 Å². The van der Waals surface area contributed by atoms with Crippen LogP contribution >= 0.6 is 0 Å². The Morgan fingerprint density at radius 1 is 1.29 bits per heavy atom. The molecule has 1 fully saturated rings. The Balaban J connectivity index is 1.82. The Kier molecular flexibility index (Phi) is 5.31. The fraction of sp³-hybridized carbons (Fsp3) is 0.350. The molecule has 2 heterocycles. The van der Waals surface area contributed by atoms with Crippen LogP contribution < -0.4 is 16.2 Å². The van der Waals surface area contributed by atoms with Crippen LogP contribution in [-0.4, -0.2) is 42.5 Å². The summed E-state index contributed by atoms with van der Waals surface area (Å²) in [5.41, 5.74) is 1.28. The summed E-state index contributed by atoms with van der Waals surface area (Å²) >= 11 is 0. The number of nitrogens with zero attached hydrogens (tertiary/aromatic N) is 2. The van der Waals surface area contributed by atoms with E-state index in [-0.39, 0.29) is 45.7 Å². The number of carbonyl (C=O) groups excluding carboxylic acids is 1. The van der Waals surface area contributed by atoms with Crippen LogP contribution in [0.1, 0.15) is 18.4 Å². The van der Waals surface area contributed by atoms with Gasteiger partial charge in [-0.15, -0.1) is 0 Å². The first kappa shape index (κ1) is 21.1. The van der Waals surface area contributed by atoms with Crippen molar-refractivity contribution in [2.75, 3.05) is 24.0 Å². The van der Waals surface area contributed by atoms with Gasteiger partial charge in [-0.3, -0.25) is 19.4 Å². The van der Waals surface area contributed by atoms with Gasteiger partial charge in [0.2, 0.25) is 5.91 Å². The molecule has 2 aromatic heterocycles. The summed E-state index contributed by atoms with van der Waals surface area (Å²) in [7, 11) is -0.499. The minimum Gasteiger partial charge on any atom is -0.380 e. The largest absolute Gasteiger partial charge is 0.380 e. The van der Waals surface area contributed by atoms with Gasteiger partial charge in [-0.05, 0) is 30.5 Å². The third kappa shape index (κ3) is 4.32. The van der Waals surface area contributed by atoms with E-state index in [9.17, 15) is 18.0 Å². The highest BCUT2D eigenvalue weighted by Crippen LogP contribution is 2.32. The molecule has 0 bridgehead atoms. The molecule has 1 aliphatic rings. The van der Waals surface area contributed by atoms with Gasteiger partial charge < -0.3 is 15.4 Å². The van der Waals surface area contributed by atoms with Gasteiger partial charge >= 0.3 is 0 Å². The highest BCUT2D eigenvalue weighted by Gasteiger charge is 2.30. The van der Waals surface area contributed by atoms with Crippen LogP contribution in [-0.2, 0) is 33.0 Å². The quantitative estimate of drug-likeness (QED) is 0.505. The molecule has 10 nitrogen and oxygen atoms in total. The molecule has 1 saturated carbocycles. The summed E-state index contributed by atoms with van der Waals surface area (Å²) in [5, 5.41) is 8.93. The van der Waals surface area contributed by atoms with Gasteiger partial charge in [0.15, 0.2) is 15.5 Å². The fourth-order valence-corrected chi connectivity index (χ4v) is 4.22. The number of pyridine rings is 1. The zero-order valence-electron chi connectivity index (χ0n) is 17.4. The Hall–Kier alpha value is -3.18. The number of methoxy groups -OCH3 is 1. The molecule has 1 aromatic carbocycles. The van der Waals surface area contributed by atoms with E-state index in [4.69, 9.17) is 4.74 Å². The van der Waals surface area contributed by atoms with Gasteiger partial charge in [-0.25, -0.2) is 13.4 Å². The number of anilines is 3. The molecule has 4 rings (SSSR count). The lowest BCUT2D eigenvalue weighted by Gasteiger charge is -2.14. The highest BCUT2D eigenvalue weighted by molar-refractivity contribution is 7.90. The molecule has 0 atom stereocenters. The molecule has 1 aliphatic carbocycles. The number of amides is 1. The molecule has 3 N–H and O–H groups in total. The maximum atomic E-state index is 12.6. The summed E-state index contributed by atoms with van der Waals surface area (Å²) in [6, 6.07) is 6.43. The van der Waals surface area contributed by atoms with Gasteiger partial charge in [0.05, 0.1) is 22.9 Å². The van der Waals surface area contributed by atoms with E-state index in [1.54, 1.807) is 19.2 Å². The van der Waals surface area contributed by atoms with E-state index in [0.717, 1.165) is 19.1 Å². The number of benzene rings is 1. The van der Waals surface area contributed by atoms with E-state index in [2.05, 4.69) is 20.7 Å². The van der Waals surface area contributed by atoms with Crippen molar-refractivity contribution in [3.05, 3.63) is 40.2 Å². The predicted octanol–water partition coefficient (Wildman–Crippen LogP) is 1.90. The maximum absolute atomic E-state index is 12.6. The second kappa shape index (κ2) is 7.82. The second-order valence-electron chi connectivity index (χ2n) is 7.68. The molecule has 31 heavy (non-hydrogen) atoms. The highest BCUT2D eigenvalue weighted by atomic mass is 32.2. The molecule has 11 heteroatoms. The third-order valence-corrected chi connectivity index (χ3v) is 6.17. The molecule has 3 aromatic rings. The average molecular weight is 446 g/mol. The number of aromatic nitrogens is 3. The van der Waals surface area contributed by atoms with Gasteiger partial charge in [0.25, 0.3) is 5.56 Å². The summed E-state index contributed by atoms with van der Waals surface area (Å²) in [6.07, 6.45) is 2.79. The number of hydrogen-bond donors (Lipinski definition) is 3. The molecule has 0 aliphatic heterocycles. The van der Waals surface area contributed by atoms with Crippen molar-refractivity contribution in [2.45, 2.75) is 24.3 Å². The van der Waals surface area contributed by atoms with E-state index in [1.165, 1.54) is 23.9 Å². The van der Waals surface area contributed by atoms with E-state index in [1.807, 2.05) is 0 Å². The number of hydrogen-bond acceptors (Lipinski definition) is 7. The Morgan fingerprint density at radius 3 is 2.68 bits per heavy atom. The van der Waals surface area contributed by atoms with Crippen molar-refractivity contribution >= 4 is 44.0 Å². The predicted molar refractivity (Wildman–Crippen MR) is 116 cm³/mol. The molecule has 0 unspecified atom stereocenters. The normalized spacial score (nSPS) is 14.0. The standard InChI is InChI=1S/C20H23N5O5S/c1-25-20(27)17-14(9-16(22-18(17)24-25)23-19(26)12-5-6-12)21-13-7-4-11(10-30-2)8-15(13)31(3,28)29/h4,7-9,12H,5-6,10H2,1-3H3,(H3,21,22,23,24,26). The zero-order valence-corrected chi connectivity index (χ0v) is 18.2. The Labute approximate surface area is 178 Å². The summed E-state index contributed by atoms with van der Waals surface area (Å²) < 4.78 is 31.2. The van der Waals surface area contributed by atoms with Crippen LogP contribution in [0.15, 0.2) is 34.0 Å². The number of rotatable bonds is 7. The number of H-pyrrole nitrogens is 1. The van der Waals surface area contributed by atoms with Gasteiger partial charge in [0, 0.05) is 32.4 Å². The smallest absolute Gasteiger partial charge is 0.277 e. The van der Waals surface area contributed by atoms with Crippen molar-refractivity contribution < 1.29 is 17.9 Å². The number of ether oxygens (including phenoxy) is 1. The van der Waals surface area contributed by atoms with Gasteiger partial charge in [0.1, 0.15) is 11.2 Å². The third-order valence-electron chi connectivity index (χ3n) is 5.04. The monoisotopic (exact) mass is 445 g/mol. The molecular formula is C20H23N5O5S. The maximum Gasteiger partial charge on any atom is 0.277 e. The van der Waals surface area contributed by atoms with Crippen LogP contribution in [0.4, 0.5) is 17.2 Å². The second-order valence-corrected chi connectivity index (χ2v) is 9.66. The first-order valence-electron chi connectivity index (χ1n) is 9.67. The molecule has 164 valence electrons. The van der Waals surface area contributed by atoms with Crippen molar-refractivity contribution in [2.24, 2.45) is 13.0 Å². The lowest BCUT2D eigenvalue weighted by molar-refractivity contribution is -0.117. The van der Waals surface area contributed by atoms with Gasteiger partial charge in [-0.1, -0.05) is 6.07 Å². The minimum absolute atomic E-state index is 0.0195. The summed E-state index contributed by atoms with van der Waals surface area (Å²) in [4.78, 5) is 29.2. The number of sulfone groups is 1. The lowest BCUT2D eigenvalue weighted by atomic mass is 10.2. The Bertz CT molecular complexity index is 1340. The summed E-state index contributed by atoms with van der Waals surface area (Å²) in [5.74, 6) is 0.122. The number of fused-ring (bicyclic) bond motifs is 1. The van der Waals surface area contributed by atoms with Crippen LogP contribution in [0, 0.1) is 5.92 Å². The summed E-state index contributed by atoms with van der Waals surface area (Å²) in [6.45, 7) is 0.262. The number of nitrogens with one attached hydrogen (secondary N) is 3. The van der Waals surface area contributed by atoms with Gasteiger partial charge in [-0.2, -0.15) is 0 Å². The van der Waals surface area contributed by atoms with E-state index < -0.39 is 9.84 Å². The lowest BCUT2D eigenvalue weighted by Crippen LogP contribution is -2.15. The minimum atomic E-state index is -3.58. The van der Waals surface area contributed by atoms with E-state index in [0.29, 0.717) is 16.9 Å². The molecular weight excluding hydrogens is 422 g/mol. The van der Waals surface area contributed by atoms with Crippen molar-refractivity contribution in [3.63, 3.8) is 0 Å². The SMILES string of the molecule is COCc1ccc(Nc2cc(NC(=O)C3CC3)nc3[nH]n(C)c(=O)c23)c(S(C)(=O)=O)c1. The van der Waals surface area contributed by atoms with Crippen molar-refractivity contribution in [3.8, 4) is 0 Å². The van der Waals surface area contributed by atoms with Crippen LogP contribution in [0.2, 0.25) is 0 Å². The first-order valence-corrected chi connectivity index (χ1v) is 11.6. The Morgan fingerprint density at radius 2 is 2.03 bits per heavy atom. The number of aryl methyl sites for hydroxylation is 1. The molecule has 1 amide bonds. The topological polar surface area (TPSA) is 135 Å². The zero-order chi connectivity index (χ0) is 22.3. The number of carbonyl (C=O) groups is 1. The molecule has 0 radical (unpaired) electrons. The fourth-order valence-electron chi connectivity index (χ4n) is 3.33. The van der Waals surface area contributed by atoms with Crippen LogP contribution in [0.25, 0.3) is 11.0 Å². The van der Waals surface area contributed by atoms with E-state index >= 15 is 0 Å². The molecule has 0 spiro atoms. The molecule has 0 saturated heterocycles. The van der Waals surface area contributed by atoms with Crippen LogP contribution in [0.5, 0.6) is 0 Å².